The van der Waals surface area contributed by atoms with E-state index in [1.54, 1.807) is 0 Å². The maximum absolute atomic E-state index is 13.6. The lowest BCUT2D eigenvalue weighted by Crippen LogP contribution is -2.30. The normalized spacial score (nSPS) is 12.4. The van der Waals surface area contributed by atoms with Crippen molar-refractivity contribution in [3.63, 3.8) is 0 Å². The number of nitrogens with zero attached hydrogens (tertiary/aromatic N) is 1. The van der Waals surface area contributed by atoms with E-state index < -0.39 is 23.5 Å². The maximum Gasteiger partial charge on any atom is 0.146 e. The Bertz CT molecular complexity index is 560. The van der Waals surface area contributed by atoms with Crippen LogP contribution >= 0.6 is 0 Å². The van der Waals surface area contributed by atoms with Gasteiger partial charge in [0.25, 0.3) is 0 Å². The van der Waals surface area contributed by atoms with Gasteiger partial charge in [-0.25, -0.2) is 18.6 Å². The van der Waals surface area contributed by atoms with Crippen LogP contribution in [0.25, 0.3) is 0 Å². The monoisotopic (exact) mass is 253 g/mol. The molecule has 6 heteroatoms. The average Bonchev–Trinajstić information content (AvgIpc) is 2.34. The highest BCUT2D eigenvalue weighted by Crippen LogP contribution is 2.25. The first-order valence-corrected chi connectivity index (χ1v) is 5.14. The summed E-state index contributed by atoms with van der Waals surface area (Å²) in [7, 11) is 0. The smallest absolute Gasteiger partial charge is 0.146 e. The van der Waals surface area contributed by atoms with Crippen molar-refractivity contribution in [3.8, 4) is 0 Å². The second kappa shape index (κ2) is 5.16. The summed E-state index contributed by atoms with van der Waals surface area (Å²) in [6, 6.07) is 3.49. The molecule has 3 N–H and O–H groups in total. The van der Waals surface area contributed by atoms with Crippen LogP contribution in [-0.4, -0.2) is 4.98 Å². The number of halogens is 3. The quantitative estimate of drug-likeness (QED) is 0.650. The number of benzene rings is 1. The molecule has 0 aliphatic heterocycles. The van der Waals surface area contributed by atoms with E-state index in [1.807, 2.05) is 0 Å². The van der Waals surface area contributed by atoms with E-state index in [0.717, 1.165) is 18.3 Å². The molecular formula is C12H10F3N3. The Labute approximate surface area is 101 Å². The van der Waals surface area contributed by atoms with E-state index in [1.165, 1.54) is 18.3 Å². The largest absolute Gasteiger partial charge is 0.271 e. The summed E-state index contributed by atoms with van der Waals surface area (Å²) in [5.41, 5.74) is 2.50. The summed E-state index contributed by atoms with van der Waals surface area (Å²) in [5.74, 6) is 3.19. The molecular weight excluding hydrogens is 243 g/mol. The molecule has 0 spiro atoms. The molecule has 1 aromatic carbocycles. The first-order valence-electron chi connectivity index (χ1n) is 5.14. The summed E-state index contributed by atoms with van der Waals surface area (Å²) in [4.78, 5) is 3.59. The molecule has 0 aliphatic rings. The van der Waals surface area contributed by atoms with Crippen molar-refractivity contribution >= 4 is 0 Å². The Morgan fingerprint density at radius 1 is 1.06 bits per heavy atom. The lowest BCUT2D eigenvalue weighted by atomic mass is 9.99. The van der Waals surface area contributed by atoms with Gasteiger partial charge in [-0.2, -0.15) is 0 Å². The first-order chi connectivity index (χ1) is 8.63. The molecule has 0 bridgehead atoms. The molecule has 0 saturated carbocycles. The molecule has 0 radical (unpaired) electrons. The molecule has 2 aromatic rings. The lowest BCUT2D eigenvalue weighted by molar-refractivity contribution is 0.520. The molecule has 0 aliphatic carbocycles. The number of hydrogen-bond donors (Lipinski definition) is 2. The fourth-order valence-corrected chi connectivity index (χ4v) is 1.70. The van der Waals surface area contributed by atoms with Crippen LogP contribution in [0.4, 0.5) is 13.2 Å². The topological polar surface area (TPSA) is 50.9 Å². The summed E-state index contributed by atoms with van der Waals surface area (Å²) in [6.45, 7) is 0. The Kier molecular flexibility index (Phi) is 3.59. The second-order valence-corrected chi connectivity index (χ2v) is 3.66. The van der Waals surface area contributed by atoms with Crippen LogP contribution in [0.3, 0.4) is 0 Å². The molecule has 0 saturated heterocycles. The molecule has 1 unspecified atom stereocenters. The zero-order chi connectivity index (χ0) is 13.1. The molecule has 0 amide bonds. The zero-order valence-corrected chi connectivity index (χ0v) is 9.20. The van der Waals surface area contributed by atoms with Crippen molar-refractivity contribution in [1.29, 1.82) is 0 Å². The molecule has 0 fully saturated rings. The zero-order valence-electron chi connectivity index (χ0n) is 9.20. The van der Waals surface area contributed by atoms with Crippen molar-refractivity contribution in [3.05, 3.63) is 65.2 Å². The molecule has 1 aromatic heterocycles. The Morgan fingerprint density at radius 2 is 1.78 bits per heavy atom. The third-order valence-corrected chi connectivity index (χ3v) is 2.55. The van der Waals surface area contributed by atoms with Crippen LogP contribution in [0, 0.1) is 17.5 Å². The fourth-order valence-electron chi connectivity index (χ4n) is 1.70. The minimum absolute atomic E-state index is 0.0593. The predicted molar refractivity (Wildman–Crippen MR) is 59.7 cm³/mol. The average molecular weight is 253 g/mol. The Hall–Kier alpha value is -1.92. The summed E-state index contributed by atoms with van der Waals surface area (Å²) >= 11 is 0. The number of nitrogens with two attached hydrogens (primary N) is 1. The molecule has 1 atom stereocenters. The van der Waals surface area contributed by atoms with Gasteiger partial charge in [-0.05, 0) is 12.1 Å². The second-order valence-electron chi connectivity index (χ2n) is 3.66. The third-order valence-electron chi connectivity index (χ3n) is 2.55. The summed E-state index contributed by atoms with van der Waals surface area (Å²) < 4.78 is 40.0. The van der Waals surface area contributed by atoms with Gasteiger partial charge in [0.15, 0.2) is 0 Å². The fraction of sp³-hybridized carbons (Fsp3) is 0.0833. The van der Waals surface area contributed by atoms with Crippen molar-refractivity contribution in [2.24, 2.45) is 5.84 Å². The highest BCUT2D eigenvalue weighted by atomic mass is 19.1. The van der Waals surface area contributed by atoms with Gasteiger partial charge in [0.2, 0.25) is 0 Å². The van der Waals surface area contributed by atoms with Gasteiger partial charge in [0, 0.05) is 23.4 Å². The highest BCUT2D eigenvalue weighted by Gasteiger charge is 2.20. The number of nitrogens with one attached hydrogen (secondary N) is 1. The minimum atomic E-state index is -0.909. The van der Waals surface area contributed by atoms with E-state index in [4.69, 9.17) is 5.84 Å². The standard InChI is InChI=1S/C12H10F3N3/c13-7-1-2-8(10(14)5-7)12(18-16)9-3-4-17-6-11(9)15/h1-6,12,18H,16H2. The first kappa shape index (κ1) is 12.5. The van der Waals surface area contributed by atoms with E-state index in [-0.39, 0.29) is 11.1 Å². The molecule has 94 valence electrons. The minimum Gasteiger partial charge on any atom is -0.271 e. The van der Waals surface area contributed by atoms with E-state index in [0.29, 0.717) is 0 Å². The van der Waals surface area contributed by atoms with Crippen molar-refractivity contribution in [2.45, 2.75) is 6.04 Å². The molecule has 3 nitrogen and oxygen atoms in total. The van der Waals surface area contributed by atoms with E-state index >= 15 is 0 Å². The van der Waals surface area contributed by atoms with Crippen LogP contribution < -0.4 is 11.3 Å². The Balaban J connectivity index is 2.49. The summed E-state index contributed by atoms with van der Waals surface area (Å²) in [6.07, 6.45) is 2.37. The molecule has 2 rings (SSSR count). The van der Waals surface area contributed by atoms with Gasteiger partial charge in [-0.15, -0.1) is 0 Å². The number of rotatable bonds is 3. The number of hydrogen-bond acceptors (Lipinski definition) is 3. The van der Waals surface area contributed by atoms with Crippen LogP contribution in [0.2, 0.25) is 0 Å². The lowest BCUT2D eigenvalue weighted by Gasteiger charge is -2.17. The van der Waals surface area contributed by atoms with Crippen molar-refractivity contribution in [1.82, 2.24) is 10.4 Å². The van der Waals surface area contributed by atoms with Gasteiger partial charge in [0.1, 0.15) is 17.5 Å². The summed E-state index contributed by atoms with van der Waals surface area (Å²) in [5, 5.41) is 0. The highest BCUT2D eigenvalue weighted by molar-refractivity contribution is 5.32. The van der Waals surface area contributed by atoms with Gasteiger partial charge in [-0.3, -0.25) is 10.8 Å². The number of pyridine rings is 1. The SMILES string of the molecule is NNC(c1ccncc1F)c1ccc(F)cc1F. The van der Waals surface area contributed by atoms with Gasteiger partial charge in [-0.1, -0.05) is 6.07 Å². The van der Waals surface area contributed by atoms with Crippen molar-refractivity contribution < 1.29 is 13.2 Å². The van der Waals surface area contributed by atoms with Crippen LogP contribution in [0.15, 0.2) is 36.7 Å². The number of hydrazine groups is 1. The van der Waals surface area contributed by atoms with E-state index in [9.17, 15) is 13.2 Å². The van der Waals surface area contributed by atoms with Gasteiger partial charge < -0.3 is 0 Å². The Morgan fingerprint density at radius 3 is 2.39 bits per heavy atom. The van der Waals surface area contributed by atoms with Crippen LogP contribution in [0.1, 0.15) is 17.2 Å². The van der Waals surface area contributed by atoms with Gasteiger partial charge in [0.05, 0.1) is 12.2 Å². The maximum atomic E-state index is 13.6. The third kappa shape index (κ3) is 2.34. The number of aromatic nitrogens is 1. The van der Waals surface area contributed by atoms with Crippen molar-refractivity contribution in [2.75, 3.05) is 0 Å². The van der Waals surface area contributed by atoms with E-state index in [2.05, 4.69) is 10.4 Å². The van der Waals surface area contributed by atoms with Gasteiger partial charge >= 0.3 is 0 Å². The molecule has 18 heavy (non-hydrogen) atoms. The van der Waals surface area contributed by atoms with Crippen LogP contribution in [0.5, 0.6) is 0 Å². The predicted octanol–water partition coefficient (Wildman–Crippen LogP) is 2.05. The van der Waals surface area contributed by atoms with Crippen LogP contribution in [-0.2, 0) is 0 Å². The molecule has 1 heterocycles.